The second-order valence-electron chi connectivity index (χ2n) is 8.97. The summed E-state index contributed by atoms with van der Waals surface area (Å²) >= 11 is 5.49. The summed E-state index contributed by atoms with van der Waals surface area (Å²) in [7, 11) is 0. The number of carboxylic acids is 1. The third-order valence-corrected chi connectivity index (χ3v) is 7.29. The molecule has 0 bridgehead atoms. The average Bonchev–Trinajstić information content (AvgIpc) is 3.29. The summed E-state index contributed by atoms with van der Waals surface area (Å²) in [5, 5.41) is 18.1. The average molecular weight is 552 g/mol. The van der Waals surface area contributed by atoms with Crippen molar-refractivity contribution in [1.82, 2.24) is 20.9 Å². The number of benzene rings is 1. The van der Waals surface area contributed by atoms with Gasteiger partial charge in [0.1, 0.15) is 18.1 Å². The number of thiol groups is 1. The van der Waals surface area contributed by atoms with E-state index in [9.17, 15) is 24.3 Å². The maximum atomic E-state index is 13.2. The molecular formula is C25H37N5O5S2. The molecule has 0 aliphatic heterocycles. The summed E-state index contributed by atoms with van der Waals surface area (Å²) in [4.78, 5) is 53.6. The van der Waals surface area contributed by atoms with E-state index in [2.05, 4.69) is 33.6 Å². The second-order valence-corrected chi connectivity index (χ2v) is 10.3. The number of para-hydroxylation sites is 1. The third-order valence-electron chi connectivity index (χ3n) is 6.29. The zero-order valence-corrected chi connectivity index (χ0v) is 23.0. The van der Waals surface area contributed by atoms with Crippen LogP contribution in [-0.4, -0.2) is 75.7 Å². The van der Waals surface area contributed by atoms with Crippen molar-refractivity contribution in [2.75, 3.05) is 17.8 Å². The Bertz CT molecular complexity index is 1080. The highest BCUT2D eigenvalue weighted by Crippen LogP contribution is 2.19. The van der Waals surface area contributed by atoms with Crippen molar-refractivity contribution in [3.63, 3.8) is 0 Å². The molecule has 204 valence electrons. The SMILES string of the molecule is CCC(C)C(NC(=O)C(CCSC)NC(=O)C(N)Cc1c[nH]c2ccccc12)C(=O)NC(CS)C(=O)O. The van der Waals surface area contributed by atoms with Crippen LogP contribution in [0.2, 0.25) is 0 Å². The summed E-state index contributed by atoms with van der Waals surface area (Å²) < 4.78 is 0. The Morgan fingerprint density at radius 3 is 2.38 bits per heavy atom. The minimum atomic E-state index is -1.22. The molecule has 1 aromatic carbocycles. The summed E-state index contributed by atoms with van der Waals surface area (Å²) in [6, 6.07) is 3.75. The molecule has 5 unspecified atom stereocenters. The number of carboxylic acid groups (broad SMARTS) is 1. The minimum Gasteiger partial charge on any atom is -0.480 e. The molecule has 0 saturated heterocycles. The molecule has 37 heavy (non-hydrogen) atoms. The molecule has 3 amide bonds. The van der Waals surface area contributed by atoms with Crippen LogP contribution in [0.15, 0.2) is 30.5 Å². The Morgan fingerprint density at radius 1 is 1.08 bits per heavy atom. The van der Waals surface area contributed by atoms with E-state index in [-0.39, 0.29) is 18.1 Å². The quantitative estimate of drug-likeness (QED) is 0.164. The van der Waals surface area contributed by atoms with Gasteiger partial charge in [-0.15, -0.1) is 0 Å². The van der Waals surface area contributed by atoms with Crippen LogP contribution in [-0.2, 0) is 25.6 Å². The fourth-order valence-electron chi connectivity index (χ4n) is 3.82. The predicted octanol–water partition coefficient (Wildman–Crippen LogP) is 1.31. The smallest absolute Gasteiger partial charge is 0.327 e. The molecule has 0 aliphatic carbocycles. The highest BCUT2D eigenvalue weighted by Gasteiger charge is 2.32. The zero-order chi connectivity index (χ0) is 27.5. The van der Waals surface area contributed by atoms with Crippen LogP contribution in [0, 0.1) is 5.92 Å². The second kappa shape index (κ2) is 14.9. The minimum absolute atomic E-state index is 0.0943. The number of hydrogen-bond donors (Lipinski definition) is 7. The number of H-pyrrole nitrogens is 1. The van der Waals surface area contributed by atoms with Crippen LogP contribution in [0.25, 0.3) is 10.9 Å². The van der Waals surface area contributed by atoms with Gasteiger partial charge in [-0.2, -0.15) is 24.4 Å². The maximum Gasteiger partial charge on any atom is 0.327 e. The lowest BCUT2D eigenvalue weighted by molar-refractivity contribution is -0.142. The van der Waals surface area contributed by atoms with Crippen molar-refractivity contribution in [3.05, 3.63) is 36.0 Å². The number of rotatable bonds is 15. The topological polar surface area (TPSA) is 166 Å². The number of nitrogens with one attached hydrogen (secondary N) is 4. The highest BCUT2D eigenvalue weighted by atomic mass is 32.2. The summed E-state index contributed by atoms with van der Waals surface area (Å²) in [5.41, 5.74) is 8.05. The normalized spacial score (nSPS) is 15.3. The molecule has 12 heteroatoms. The van der Waals surface area contributed by atoms with Crippen LogP contribution in [0.3, 0.4) is 0 Å². The molecule has 0 fully saturated rings. The van der Waals surface area contributed by atoms with Crippen LogP contribution in [0.5, 0.6) is 0 Å². The molecule has 1 heterocycles. The fraction of sp³-hybridized carbons (Fsp3) is 0.520. The molecular weight excluding hydrogens is 514 g/mol. The summed E-state index contributed by atoms with van der Waals surface area (Å²) in [6.45, 7) is 3.65. The van der Waals surface area contributed by atoms with E-state index in [1.54, 1.807) is 6.92 Å². The van der Waals surface area contributed by atoms with Gasteiger partial charge in [-0.25, -0.2) is 4.79 Å². The number of nitrogens with two attached hydrogens (primary N) is 1. The largest absolute Gasteiger partial charge is 0.480 e. The highest BCUT2D eigenvalue weighted by molar-refractivity contribution is 7.98. The zero-order valence-electron chi connectivity index (χ0n) is 21.3. The van der Waals surface area contributed by atoms with Crippen LogP contribution in [0.1, 0.15) is 32.3 Å². The van der Waals surface area contributed by atoms with Crippen molar-refractivity contribution in [1.29, 1.82) is 0 Å². The summed E-state index contributed by atoms with van der Waals surface area (Å²) in [6.07, 6.45) is 4.89. The van der Waals surface area contributed by atoms with Crippen molar-refractivity contribution in [3.8, 4) is 0 Å². The number of hydrogen-bond acceptors (Lipinski definition) is 7. The first-order valence-electron chi connectivity index (χ1n) is 12.2. The molecule has 0 saturated carbocycles. The number of aromatic nitrogens is 1. The van der Waals surface area contributed by atoms with Gasteiger partial charge in [-0.3, -0.25) is 14.4 Å². The number of amides is 3. The van der Waals surface area contributed by atoms with Crippen molar-refractivity contribution >= 4 is 59.0 Å². The van der Waals surface area contributed by atoms with Gasteiger partial charge >= 0.3 is 5.97 Å². The first-order chi connectivity index (χ1) is 17.6. The van der Waals surface area contributed by atoms with Crippen molar-refractivity contribution in [2.45, 2.75) is 57.3 Å². The number of fused-ring (bicyclic) bond motifs is 1. The van der Waals surface area contributed by atoms with Gasteiger partial charge in [0.05, 0.1) is 6.04 Å². The van der Waals surface area contributed by atoms with Crippen LogP contribution in [0.4, 0.5) is 0 Å². The van der Waals surface area contributed by atoms with Gasteiger partial charge < -0.3 is 31.8 Å². The first-order valence-corrected chi connectivity index (χ1v) is 14.2. The first kappa shape index (κ1) is 30.5. The van der Waals surface area contributed by atoms with Crippen molar-refractivity contribution in [2.24, 2.45) is 11.7 Å². The molecule has 0 aliphatic rings. The lowest BCUT2D eigenvalue weighted by atomic mass is 9.97. The van der Waals surface area contributed by atoms with E-state index in [1.165, 1.54) is 11.8 Å². The standard InChI is InChI=1S/C25H37N5O5S2/c1-4-14(2)21(24(33)29-20(13-36)25(34)35)30-23(32)19(9-10-37-3)28-22(31)17(26)11-15-12-27-18-8-6-5-7-16(15)18/h5-8,12,14,17,19-21,27,36H,4,9-11,13,26H2,1-3H3,(H,28,31)(H,29,33)(H,30,32)(H,34,35). The van der Waals surface area contributed by atoms with E-state index >= 15 is 0 Å². The lowest BCUT2D eigenvalue weighted by Gasteiger charge is -2.28. The van der Waals surface area contributed by atoms with Crippen molar-refractivity contribution < 1.29 is 24.3 Å². The van der Waals surface area contributed by atoms with Gasteiger partial charge in [0.15, 0.2) is 0 Å². The van der Waals surface area contributed by atoms with Gasteiger partial charge in [-0.05, 0) is 42.4 Å². The van der Waals surface area contributed by atoms with Crippen LogP contribution < -0.4 is 21.7 Å². The number of carbonyl (C=O) groups excluding carboxylic acids is 3. The lowest BCUT2D eigenvalue weighted by Crippen LogP contribution is -2.59. The molecule has 0 spiro atoms. The molecule has 2 rings (SSSR count). The Labute approximate surface area is 226 Å². The van der Waals surface area contributed by atoms with E-state index in [0.29, 0.717) is 18.6 Å². The fourth-order valence-corrected chi connectivity index (χ4v) is 4.54. The molecule has 7 N–H and O–H groups in total. The molecule has 5 atom stereocenters. The van der Waals surface area contributed by atoms with Gasteiger partial charge in [0.2, 0.25) is 17.7 Å². The number of aromatic amines is 1. The van der Waals surface area contributed by atoms with E-state index in [4.69, 9.17) is 5.73 Å². The molecule has 0 radical (unpaired) electrons. The Kier molecular flexibility index (Phi) is 12.3. The van der Waals surface area contributed by atoms with E-state index < -0.39 is 47.9 Å². The Balaban J connectivity index is 2.12. The van der Waals surface area contributed by atoms with E-state index in [0.717, 1.165) is 16.5 Å². The van der Waals surface area contributed by atoms with Gasteiger partial charge in [0, 0.05) is 22.9 Å². The third kappa shape index (κ3) is 8.68. The predicted molar refractivity (Wildman–Crippen MR) is 150 cm³/mol. The Morgan fingerprint density at radius 2 is 1.76 bits per heavy atom. The number of thioether (sulfide) groups is 1. The summed E-state index contributed by atoms with van der Waals surface area (Å²) in [5.74, 6) is -2.61. The van der Waals surface area contributed by atoms with E-state index in [1.807, 2.05) is 43.6 Å². The maximum absolute atomic E-state index is 13.2. The van der Waals surface area contributed by atoms with Gasteiger partial charge in [-0.1, -0.05) is 38.5 Å². The number of aliphatic carboxylic acids is 1. The molecule has 1 aromatic heterocycles. The Hall–Kier alpha value is -2.70. The van der Waals surface area contributed by atoms with Gasteiger partial charge in [0.25, 0.3) is 0 Å². The monoisotopic (exact) mass is 551 g/mol. The number of carbonyl (C=O) groups is 4. The molecule has 2 aromatic rings. The van der Waals surface area contributed by atoms with Crippen LogP contribution >= 0.6 is 24.4 Å². The molecule has 10 nitrogen and oxygen atoms in total.